The highest BCUT2D eigenvalue weighted by molar-refractivity contribution is 5.83. The highest BCUT2D eigenvalue weighted by Crippen LogP contribution is 2.35. The van der Waals surface area contributed by atoms with Crippen LogP contribution in [-0.4, -0.2) is 46.1 Å². The third-order valence-corrected chi connectivity index (χ3v) is 5.59. The molecule has 2 bridgehead atoms. The molecule has 146 valence electrons. The molecule has 1 aliphatic carbocycles. The number of benzene rings is 1. The number of ether oxygens (including phenoxy) is 1. The largest absolute Gasteiger partial charge is 0.378 e. The van der Waals surface area contributed by atoms with Crippen LogP contribution in [0.5, 0.6) is 0 Å². The summed E-state index contributed by atoms with van der Waals surface area (Å²) in [5.41, 5.74) is 2.61. The second-order valence-corrected chi connectivity index (χ2v) is 7.56. The molecular weight excluding hydrogens is 356 g/mol. The first-order valence-electron chi connectivity index (χ1n) is 9.62. The maximum absolute atomic E-state index is 12.5. The SMILES string of the molecule is COCc1cn(-c2ccc(C[C@@H](C#N)NC(=O)[C@H]3N[C@@H]4CC[C@H]3C4)cc2)nn1. The standard InChI is InChI=1S/C20H24N6O2/c1-28-12-17-11-26(25-24-17)18-6-2-13(3-7-18)8-16(10-21)23-20(27)19-14-4-5-15(9-14)22-19/h2-3,6-7,11,14-16,19,22H,4-5,8-9,12H2,1H3,(H,23,27)/t14-,15+,16-,19-/m0/s1. The number of nitriles is 1. The second kappa shape index (κ2) is 8.09. The molecule has 1 saturated heterocycles. The van der Waals surface area contributed by atoms with Crippen molar-refractivity contribution in [1.29, 1.82) is 5.26 Å². The lowest BCUT2D eigenvalue weighted by molar-refractivity contribution is -0.124. The van der Waals surface area contributed by atoms with Crippen LogP contribution in [0.15, 0.2) is 30.5 Å². The van der Waals surface area contributed by atoms with E-state index in [0.29, 0.717) is 25.0 Å². The maximum atomic E-state index is 12.5. The molecule has 8 nitrogen and oxygen atoms in total. The number of methoxy groups -OCH3 is 1. The first-order chi connectivity index (χ1) is 13.7. The van der Waals surface area contributed by atoms with Crippen molar-refractivity contribution in [2.45, 2.75) is 50.4 Å². The fourth-order valence-electron chi connectivity index (χ4n) is 4.20. The van der Waals surface area contributed by atoms with Gasteiger partial charge in [-0.3, -0.25) is 4.79 Å². The van der Waals surface area contributed by atoms with Crippen molar-refractivity contribution >= 4 is 5.91 Å². The first-order valence-corrected chi connectivity index (χ1v) is 9.62. The molecule has 28 heavy (non-hydrogen) atoms. The lowest BCUT2D eigenvalue weighted by Gasteiger charge is -2.23. The molecule has 1 amide bonds. The highest BCUT2D eigenvalue weighted by atomic mass is 16.5. The summed E-state index contributed by atoms with van der Waals surface area (Å²) in [6, 6.07) is 9.73. The van der Waals surface area contributed by atoms with Gasteiger partial charge in [0.25, 0.3) is 0 Å². The second-order valence-electron chi connectivity index (χ2n) is 7.56. The third kappa shape index (κ3) is 3.91. The Hall–Kier alpha value is -2.76. The van der Waals surface area contributed by atoms with Crippen LogP contribution in [0.1, 0.15) is 30.5 Å². The number of piperidine rings is 1. The fourth-order valence-corrected chi connectivity index (χ4v) is 4.20. The van der Waals surface area contributed by atoms with Crippen LogP contribution in [0.25, 0.3) is 5.69 Å². The molecule has 0 spiro atoms. The first kappa shape index (κ1) is 18.6. The van der Waals surface area contributed by atoms with E-state index in [9.17, 15) is 10.1 Å². The lowest BCUT2D eigenvalue weighted by atomic mass is 9.98. The predicted octanol–water partition coefficient (Wildman–Crippen LogP) is 1.11. The smallest absolute Gasteiger partial charge is 0.238 e. The number of aromatic nitrogens is 3. The van der Waals surface area contributed by atoms with Crippen LogP contribution in [-0.2, 0) is 22.6 Å². The lowest BCUT2D eigenvalue weighted by Crippen LogP contribution is -2.50. The van der Waals surface area contributed by atoms with Crippen LogP contribution in [0.2, 0.25) is 0 Å². The highest BCUT2D eigenvalue weighted by Gasteiger charge is 2.43. The van der Waals surface area contributed by atoms with Gasteiger partial charge in [0.2, 0.25) is 5.91 Å². The topological polar surface area (TPSA) is 105 Å². The number of nitrogens with one attached hydrogen (secondary N) is 2. The van der Waals surface area contributed by atoms with Gasteiger partial charge in [0.1, 0.15) is 11.7 Å². The number of carbonyl (C=O) groups is 1. The van der Waals surface area contributed by atoms with Crippen LogP contribution in [0, 0.1) is 17.2 Å². The Labute approximate surface area is 163 Å². The summed E-state index contributed by atoms with van der Waals surface area (Å²) in [4.78, 5) is 12.5. The van der Waals surface area contributed by atoms with E-state index in [0.717, 1.165) is 36.2 Å². The Morgan fingerprint density at radius 2 is 2.25 bits per heavy atom. The van der Waals surface area contributed by atoms with E-state index in [1.807, 2.05) is 30.5 Å². The number of rotatable bonds is 7. The molecule has 2 aliphatic rings. The average molecular weight is 380 g/mol. The molecule has 0 unspecified atom stereocenters. The van der Waals surface area contributed by atoms with Gasteiger partial charge in [0.15, 0.2) is 0 Å². The van der Waals surface area contributed by atoms with Gasteiger partial charge in [0, 0.05) is 19.6 Å². The zero-order valence-electron chi connectivity index (χ0n) is 15.8. The minimum absolute atomic E-state index is 0.0522. The minimum Gasteiger partial charge on any atom is -0.378 e. The van der Waals surface area contributed by atoms with Gasteiger partial charge in [-0.1, -0.05) is 17.3 Å². The predicted molar refractivity (Wildman–Crippen MR) is 101 cm³/mol. The van der Waals surface area contributed by atoms with Gasteiger partial charge in [-0.2, -0.15) is 5.26 Å². The molecule has 2 aromatic rings. The molecule has 8 heteroatoms. The van der Waals surface area contributed by atoms with Gasteiger partial charge in [0.05, 0.1) is 30.6 Å². The molecule has 2 fully saturated rings. The summed E-state index contributed by atoms with van der Waals surface area (Å²) in [6.45, 7) is 0.416. The molecule has 1 saturated carbocycles. The van der Waals surface area contributed by atoms with Crippen LogP contribution < -0.4 is 10.6 Å². The van der Waals surface area contributed by atoms with Crippen molar-refractivity contribution in [3.05, 3.63) is 41.7 Å². The van der Waals surface area contributed by atoms with E-state index in [4.69, 9.17) is 4.74 Å². The Kier molecular flexibility index (Phi) is 5.37. The molecule has 1 aromatic carbocycles. The zero-order chi connectivity index (χ0) is 19.5. The Bertz CT molecular complexity index is 872. The molecule has 4 atom stereocenters. The van der Waals surface area contributed by atoms with Crippen molar-refractivity contribution in [3.63, 3.8) is 0 Å². The molecule has 2 heterocycles. The van der Waals surface area contributed by atoms with Crippen molar-refractivity contribution < 1.29 is 9.53 Å². The number of hydrogen-bond acceptors (Lipinski definition) is 6. The monoisotopic (exact) mass is 380 g/mol. The summed E-state index contributed by atoms with van der Waals surface area (Å²) in [5, 5.41) is 23.9. The van der Waals surface area contributed by atoms with Crippen LogP contribution in [0.4, 0.5) is 0 Å². The van der Waals surface area contributed by atoms with E-state index in [2.05, 4.69) is 27.0 Å². The quantitative estimate of drug-likeness (QED) is 0.745. The van der Waals surface area contributed by atoms with Crippen molar-refractivity contribution in [1.82, 2.24) is 25.6 Å². The molecule has 2 N–H and O–H groups in total. The average Bonchev–Trinajstić information content (AvgIpc) is 3.45. The van der Waals surface area contributed by atoms with E-state index in [-0.39, 0.29) is 11.9 Å². The molecule has 0 radical (unpaired) electrons. The third-order valence-electron chi connectivity index (χ3n) is 5.59. The van der Waals surface area contributed by atoms with E-state index in [1.165, 1.54) is 0 Å². The van der Waals surface area contributed by atoms with Gasteiger partial charge >= 0.3 is 0 Å². The maximum Gasteiger partial charge on any atom is 0.238 e. The van der Waals surface area contributed by atoms with E-state index in [1.54, 1.807) is 11.8 Å². The molecule has 1 aromatic heterocycles. The van der Waals surface area contributed by atoms with Crippen LogP contribution >= 0.6 is 0 Å². The minimum atomic E-state index is -0.543. The number of amides is 1. The molecule has 1 aliphatic heterocycles. The van der Waals surface area contributed by atoms with Gasteiger partial charge in [-0.05, 0) is 42.9 Å². The Balaban J connectivity index is 1.35. The summed E-state index contributed by atoms with van der Waals surface area (Å²) in [6.07, 6.45) is 5.61. The summed E-state index contributed by atoms with van der Waals surface area (Å²) in [5.74, 6) is 0.359. The number of nitrogens with zero attached hydrogens (tertiary/aromatic N) is 4. The normalized spacial score (nSPS) is 24.1. The Morgan fingerprint density at radius 3 is 2.89 bits per heavy atom. The van der Waals surface area contributed by atoms with Crippen molar-refractivity contribution in [2.24, 2.45) is 5.92 Å². The summed E-state index contributed by atoms with van der Waals surface area (Å²) < 4.78 is 6.73. The Morgan fingerprint density at radius 1 is 1.43 bits per heavy atom. The summed E-state index contributed by atoms with van der Waals surface area (Å²) in [7, 11) is 1.62. The summed E-state index contributed by atoms with van der Waals surface area (Å²) >= 11 is 0. The van der Waals surface area contributed by atoms with E-state index < -0.39 is 6.04 Å². The molecular formula is C20H24N6O2. The van der Waals surface area contributed by atoms with E-state index >= 15 is 0 Å². The van der Waals surface area contributed by atoms with Crippen molar-refractivity contribution in [3.8, 4) is 11.8 Å². The number of fused-ring (bicyclic) bond motifs is 2. The zero-order valence-corrected chi connectivity index (χ0v) is 15.8. The molecule has 4 rings (SSSR count). The van der Waals surface area contributed by atoms with Crippen LogP contribution in [0.3, 0.4) is 0 Å². The van der Waals surface area contributed by atoms with Gasteiger partial charge in [-0.15, -0.1) is 5.10 Å². The number of hydrogen-bond donors (Lipinski definition) is 2. The fraction of sp³-hybridized carbons (Fsp3) is 0.500. The van der Waals surface area contributed by atoms with Gasteiger partial charge < -0.3 is 15.4 Å². The number of carbonyl (C=O) groups excluding carboxylic acids is 1. The van der Waals surface area contributed by atoms with Crippen molar-refractivity contribution in [2.75, 3.05) is 7.11 Å². The van der Waals surface area contributed by atoms with Gasteiger partial charge in [-0.25, -0.2) is 4.68 Å².